The molecule has 2 fully saturated rings. The SMILES string of the molecule is Nc1ncnc2c1c(C(=O)Nc1nc3cc(Cl)ccc3o1)nn2C1CCN(C(=O)C=CCN2CCCCC2)C1. The molecule has 3 N–H and O–H groups in total. The Morgan fingerprint density at radius 3 is 2.87 bits per heavy atom. The van der Waals surface area contributed by atoms with Gasteiger partial charge in [0, 0.05) is 30.7 Å². The molecule has 3 aromatic heterocycles. The van der Waals surface area contributed by atoms with Gasteiger partial charge in [-0.15, -0.1) is 0 Å². The number of carbonyl (C=O) groups is 2. The quantitative estimate of drug-likeness (QED) is 0.345. The molecule has 1 aromatic carbocycles. The number of nitrogens with zero attached hydrogens (tertiary/aromatic N) is 7. The predicted octanol–water partition coefficient (Wildman–Crippen LogP) is 3.27. The number of amides is 2. The average Bonchev–Trinajstić information content (AvgIpc) is 3.66. The van der Waals surface area contributed by atoms with Crippen molar-refractivity contribution in [3.05, 3.63) is 47.4 Å². The lowest BCUT2D eigenvalue weighted by Crippen LogP contribution is -2.30. The molecular weight excluding hydrogens is 522 g/mol. The Bertz CT molecular complexity index is 1570. The number of oxazole rings is 1. The van der Waals surface area contributed by atoms with E-state index in [9.17, 15) is 9.59 Å². The van der Waals surface area contributed by atoms with Gasteiger partial charge >= 0.3 is 6.01 Å². The maximum atomic E-state index is 13.3. The van der Waals surface area contributed by atoms with Crippen LogP contribution in [0.15, 0.2) is 41.1 Å². The van der Waals surface area contributed by atoms with Crippen LogP contribution in [0.1, 0.15) is 42.2 Å². The van der Waals surface area contributed by atoms with Crippen LogP contribution >= 0.6 is 11.6 Å². The number of carbonyl (C=O) groups excluding carboxylic acids is 2. The Labute approximate surface area is 228 Å². The second-order valence-electron chi connectivity index (χ2n) is 9.83. The third-order valence-corrected chi connectivity index (χ3v) is 7.43. The summed E-state index contributed by atoms with van der Waals surface area (Å²) in [6, 6.07) is 4.82. The molecule has 202 valence electrons. The van der Waals surface area contributed by atoms with Crippen molar-refractivity contribution in [2.24, 2.45) is 0 Å². The number of nitrogens with two attached hydrogens (primary N) is 1. The lowest BCUT2D eigenvalue weighted by Gasteiger charge is -2.24. The number of hydrogen-bond donors (Lipinski definition) is 2. The summed E-state index contributed by atoms with van der Waals surface area (Å²) in [6.07, 6.45) is 9.31. The van der Waals surface area contributed by atoms with E-state index < -0.39 is 5.91 Å². The minimum Gasteiger partial charge on any atom is -0.423 e. The molecule has 2 aliphatic rings. The van der Waals surface area contributed by atoms with E-state index in [1.54, 1.807) is 33.9 Å². The minimum absolute atomic E-state index is 0.00404. The van der Waals surface area contributed by atoms with Gasteiger partial charge in [-0.25, -0.2) is 14.6 Å². The van der Waals surface area contributed by atoms with Crippen LogP contribution in [0.2, 0.25) is 5.02 Å². The highest BCUT2D eigenvalue weighted by molar-refractivity contribution is 6.31. The smallest absolute Gasteiger partial charge is 0.302 e. The van der Waals surface area contributed by atoms with Gasteiger partial charge in [0.1, 0.15) is 17.7 Å². The number of nitrogens with one attached hydrogen (secondary N) is 1. The van der Waals surface area contributed by atoms with E-state index in [0.717, 1.165) is 19.6 Å². The largest absolute Gasteiger partial charge is 0.423 e. The van der Waals surface area contributed by atoms with Crippen molar-refractivity contribution in [1.29, 1.82) is 0 Å². The molecule has 39 heavy (non-hydrogen) atoms. The van der Waals surface area contributed by atoms with Crippen molar-refractivity contribution in [3.8, 4) is 0 Å². The molecule has 13 heteroatoms. The maximum Gasteiger partial charge on any atom is 0.302 e. The standard InChI is InChI=1S/C26H28ClN9O3/c27-16-6-7-19-18(13-16)31-26(39-19)32-25(38)22-21-23(28)29-15-30-24(21)36(33-22)17-8-12-35(14-17)20(37)5-4-11-34-9-2-1-3-10-34/h4-7,13,15,17H,1-3,8-12,14H2,(H2,28,29,30)(H,31,32,38). The first-order valence-corrected chi connectivity index (χ1v) is 13.4. The molecule has 0 aliphatic carbocycles. The van der Waals surface area contributed by atoms with E-state index in [0.29, 0.717) is 46.7 Å². The van der Waals surface area contributed by atoms with Gasteiger partial charge in [-0.2, -0.15) is 10.1 Å². The van der Waals surface area contributed by atoms with Gasteiger partial charge in [0.2, 0.25) is 5.91 Å². The summed E-state index contributed by atoms with van der Waals surface area (Å²) in [5.74, 6) is -0.467. The number of rotatable bonds is 6. The zero-order chi connectivity index (χ0) is 26.9. The Morgan fingerprint density at radius 1 is 1.18 bits per heavy atom. The van der Waals surface area contributed by atoms with Gasteiger partial charge in [0.15, 0.2) is 16.9 Å². The van der Waals surface area contributed by atoms with E-state index in [1.165, 1.54) is 25.6 Å². The zero-order valence-electron chi connectivity index (χ0n) is 21.2. The van der Waals surface area contributed by atoms with E-state index in [1.807, 2.05) is 6.08 Å². The van der Waals surface area contributed by atoms with Crippen LogP contribution in [0.25, 0.3) is 22.1 Å². The third-order valence-electron chi connectivity index (χ3n) is 7.20. The summed E-state index contributed by atoms with van der Waals surface area (Å²) in [5, 5.41) is 8.06. The number of benzene rings is 1. The van der Waals surface area contributed by atoms with Crippen molar-refractivity contribution >= 4 is 57.4 Å². The predicted molar refractivity (Wildman–Crippen MR) is 146 cm³/mol. The van der Waals surface area contributed by atoms with Gasteiger partial charge in [0.25, 0.3) is 5.91 Å². The first-order chi connectivity index (χ1) is 19.0. The Morgan fingerprint density at radius 2 is 2.03 bits per heavy atom. The summed E-state index contributed by atoms with van der Waals surface area (Å²) >= 11 is 6.02. The summed E-state index contributed by atoms with van der Waals surface area (Å²) in [7, 11) is 0. The van der Waals surface area contributed by atoms with Crippen LogP contribution in [0, 0.1) is 0 Å². The average molecular weight is 550 g/mol. The number of hydrogen-bond acceptors (Lipinski definition) is 9. The lowest BCUT2D eigenvalue weighted by atomic mass is 10.1. The normalized spacial score (nSPS) is 18.5. The number of likely N-dealkylation sites (tertiary alicyclic amines) is 2. The maximum absolute atomic E-state index is 13.3. The first kappa shape index (κ1) is 25.3. The molecule has 0 radical (unpaired) electrons. The third kappa shape index (κ3) is 5.17. The van der Waals surface area contributed by atoms with Crippen LogP contribution in [-0.4, -0.2) is 79.1 Å². The molecule has 0 spiro atoms. The van der Waals surface area contributed by atoms with E-state index >= 15 is 0 Å². The molecule has 0 bridgehead atoms. The van der Waals surface area contributed by atoms with Crippen LogP contribution < -0.4 is 11.1 Å². The van der Waals surface area contributed by atoms with Crippen LogP contribution in [0.3, 0.4) is 0 Å². The highest BCUT2D eigenvalue weighted by Crippen LogP contribution is 2.30. The van der Waals surface area contributed by atoms with Crippen LogP contribution in [0.4, 0.5) is 11.8 Å². The second kappa shape index (κ2) is 10.6. The van der Waals surface area contributed by atoms with Gasteiger partial charge in [-0.05, 0) is 50.6 Å². The van der Waals surface area contributed by atoms with E-state index in [4.69, 9.17) is 21.8 Å². The molecule has 1 unspecified atom stereocenters. The molecule has 12 nitrogen and oxygen atoms in total. The van der Waals surface area contributed by atoms with Gasteiger partial charge in [-0.3, -0.25) is 19.8 Å². The number of halogens is 1. The van der Waals surface area contributed by atoms with Gasteiger partial charge in [0.05, 0.1) is 11.4 Å². The molecule has 2 saturated heterocycles. The van der Waals surface area contributed by atoms with Crippen LogP contribution in [0.5, 0.6) is 0 Å². The monoisotopic (exact) mass is 549 g/mol. The fraction of sp³-hybridized carbons (Fsp3) is 0.385. The molecule has 6 rings (SSSR count). The van der Waals surface area contributed by atoms with Crippen molar-refractivity contribution < 1.29 is 14.0 Å². The number of fused-ring (bicyclic) bond motifs is 2. The van der Waals surface area contributed by atoms with E-state index in [2.05, 4.69) is 30.3 Å². The van der Waals surface area contributed by atoms with E-state index in [-0.39, 0.29) is 29.5 Å². The molecule has 2 amide bonds. The van der Waals surface area contributed by atoms with Gasteiger partial charge in [-0.1, -0.05) is 24.1 Å². The zero-order valence-corrected chi connectivity index (χ0v) is 22.0. The Kier molecular flexibility index (Phi) is 6.88. The first-order valence-electron chi connectivity index (χ1n) is 13.0. The molecular formula is C26H28ClN9O3. The molecule has 4 aromatic rings. The number of anilines is 2. The second-order valence-corrected chi connectivity index (χ2v) is 10.3. The topological polar surface area (TPSA) is 148 Å². The fourth-order valence-corrected chi connectivity index (χ4v) is 5.38. The molecule has 2 aliphatic heterocycles. The highest BCUT2D eigenvalue weighted by Gasteiger charge is 2.31. The fourth-order valence-electron chi connectivity index (χ4n) is 5.21. The molecule has 1 atom stereocenters. The Hall–Kier alpha value is -4.03. The number of nitrogen functional groups attached to an aromatic ring is 1. The molecule has 0 saturated carbocycles. The van der Waals surface area contributed by atoms with Crippen LogP contribution in [-0.2, 0) is 4.79 Å². The summed E-state index contributed by atoms with van der Waals surface area (Å²) in [5.41, 5.74) is 7.62. The highest BCUT2D eigenvalue weighted by atomic mass is 35.5. The Balaban J connectivity index is 1.19. The lowest BCUT2D eigenvalue weighted by molar-refractivity contribution is -0.125. The number of piperidine rings is 1. The summed E-state index contributed by atoms with van der Waals surface area (Å²) < 4.78 is 7.29. The molecule has 5 heterocycles. The number of aromatic nitrogens is 5. The summed E-state index contributed by atoms with van der Waals surface area (Å²) in [4.78, 5) is 43.0. The van der Waals surface area contributed by atoms with Crippen molar-refractivity contribution in [2.45, 2.75) is 31.7 Å². The van der Waals surface area contributed by atoms with Crippen molar-refractivity contribution in [2.75, 3.05) is 43.8 Å². The summed E-state index contributed by atoms with van der Waals surface area (Å²) in [6.45, 7) is 3.97. The van der Waals surface area contributed by atoms with Crippen molar-refractivity contribution in [1.82, 2.24) is 34.5 Å². The van der Waals surface area contributed by atoms with Crippen molar-refractivity contribution in [3.63, 3.8) is 0 Å². The minimum atomic E-state index is -0.565. The van der Waals surface area contributed by atoms with Gasteiger partial charge < -0.3 is 15.1 Å².